The second-order valence-electron chi connectivity index (χ2n) is 5.17. The Kier molecular flexibility index (Phi) is 3.66. The van der Waals surface area contributed by atoms with E-state index in [0.717, 1.165) is 0 Å². The van der Waals surface area contributed by atoms with Crippen molar-refractivity contribution in [2.45, 2.75) is 0 Å². The van der Waals surface area contributed by atoms with Crippen LogP contribution in [0.4, 0.5) is 9.52 Å². The van der Waals surface area contributed by atoms with Gasteiger partial charge >= 0.3 is 5.63 Å². The molecule has 0 atom stereocenters. The van der Waals surface area contributed by atoms with Gasteiger partial charge in [0.2, 0.25) is 5.13 Å². The van der Waals surface area contributed by atoms with Crippen LogP contribution in [0.2, 0.25) is 0 Å². The summed E-state index contributed by atoms with van der Waals surface area (Å²) < 4.78 is 19.4. The maximum absolute atomic E-state index is 13.6. The zero-order valence-corrected chi connectivity index (χ0v) is 13.4. The van der Waals surface area contributed by atoms with Crippen LogP contribution in [0.5, 0.6) is 0 Å². The maximum atomic E-state index is 13.6. The van der Waals surface area contributed by atoms with Gasteiger partial charge in [-0.1, -0.05) is 35.6 Å². The van der Waals surface area contributed by atoms with E-state index in [1.165, 1.54) is 23.5 Å². The lowest BCUT2D eigenvalue weighted by molar-refractivity contribution is 0.0959. The fraction of sp³-hybridized carbons (Fsp3) is 0. The number of nitrogens with zero attached hydrogens (tertiary/aromatic N) is 1. The van der Waals surface area contributed by atoms with Crippen molar-refractivity contribution in [1.82, 2.24) is 10.4 Å². The summed E-state index contributed by atoms with van der Waals surface area (Å²) in [5.74, 6) is -1.11. The quantitative estimate of drug-likeness (QED) is 0.435. The van der Waals surface area contributed by atoms with Crippen LogP contribution in [0.1, 0.15) is 10.4 Å². The number of hydrazine groups is 1. The summed E-state index contributed by atoms with van der Waals surface area (Å²) in [6.45, 7) is 0. The van der Waals surface area contributed by atoms with Gasteiger partial charge in [0, 0.05) is 5.39 Å². The van der Waals surface area contributed by atoms with Crippen molar-refractivity contribution in [2.75, 3.05) is 5.43 Å². The van der Waals surface area contributed by atoms with E-state index < -0.39 is 17.3 Å². The first kappa shape index (κ1) is 15.3. The van der Waals surface area contributed by atoms with Crippen molar-refractivity contribution < 1.29 is 13.6 Å². The Morgan fingerprint density at radius 1 is 1.16 bits per heavy atom. The number of carbonyl (C=O) groups is 1. The highest BCUT2D eigenvalue weighted by Crippen LogP contribution is 2.26. The summed E-state index contributed by atoms with van der Waals surface area (Å²) >= 11 is 1.18. The first-order valence-corrected chi connectivity index (χ1v) is 8.08. The number of amides is 1. The Hall–Kier alpha value is -3.26. The number of halogens is 1. The van der Waals surface area contributed by atoms with Gasteiger partial charge in [0.05, 0.1) is 4.70 Å². The number of nitrogens with one attached hydrogen (secondary N) is 2. The third kappa shape index (κ3) is 2.83. The molecule has 0 aliphatic heterocycles. The van der Waals surface area contributed by atoms with Gasteiger partial charge in [-0.25, -0.2) is 14.2 Å². The van der Waals surface area contributed by atoms with Gasteiger partial charge in [0.15, 0.2) is 0 Å². The average molecular weight is 355 g/mol. The second-order valence-corrected chi connectivity index (χ2v) is 6.20. The molecular formula is C17H10FN3O3S. The molecule has 0 aliphatic carbocycles. The van der Waals surface area contributed by atoms with Crippen LogP contribution < -0.4 is 16.5 Å². The molecule has 6 nitrogen and oxygen atoms in total. The summed E-state index contributed by atoms with van der Waals surface area (Å²) in [5.41, 5.74) is 4.71. The molecule has 0 radical (unpaired) electrons. The zero-order valence-electron chi connectivity index (χ0n) is 12.6. The SMILES string of the molecule is O=C(NNc1nc2c(F)cccc2s1)c1cc2ccccc2oc1=O. The fourth-order valence-corrected chi connectivity index (χ4v) is 3.20. The van der Waals surface area contributed by atoms with Gasteiger partial charge in [-0.3, -0.25) is 15.6 Å². The van der Waals surface area contributed by atoms with E-state index >= 15 is 0 Å². The van der Waals surface area contributed by atoms with Gasteiger partial charge in [-0.2, -0.15) is 0 Å². The predicted molar refractivity (Wildman–Crippen MR) is 93.2 cm³/mol. The molecule has 0 spiro atoms. The molecule has 2 aromatic carbocycles. The number of hydrogen-bond donors (Lipinski definition) is 2. The Bertz CT molecular complexity index is 1170. The molecule has 1 amide bonds. The number of fused-ring (bicyclic) bond motifs is 2. The Morgan fingerprint density at radius 3 is 2.84 bits per heavy atom. The molecule has 0 saturated carbocycles. The lowest BCUT2D eigenvalue weighted by Gasteiger charge is -2.05. The standard InChI is InChI=1S/C17H10FN3O3S/c18-11-5-3-7-13-14(11)19-17(25-13)21-20-15(22)10-8-9-4-1-2-6-12(9)24-16(10)23/h1-8H,(H,19,21)(H,20,22). The van der Waals surface area contributed by atoms with E-state index in [2.05, 4.69) is 15.8 Å². The van der Waals surface area contributed by atoms with Crippen molar-refractivity contribution >= 4 is 43.6 Å². The molecule has 0 fully saturated rings. The number of rotatable bonds is 3. The third-order valence-electron chi connectivity index (χ3n) is 3.54. The summed E-state index contributed by atoms with van der Waals surface area (Å²) in [7, 11) is 0. The van der Waals surface area contributed by atoms with Crippen molar-refractivity contribution in [2.24, 2.45) is 0 Å². The molecule has 124 valence electrons. The fourth-order valence-electron chi connectivity index (χ4n) is 2.37. The Balaban J connectivity index is 1.58. The van der Waals surface area contributed by atoms with E-state index in [1.807, 2.05) is 0 Å². The van der Waals surface area contributed by atoms with Gasteiger partial charge < -0.3 is 4.42 Å². The van der Waals surface area contributed by atoms with Crippen LogP contribution in [-0.4, -0.2) is 10.9 Å². The highest BCUT2D eigenvalue weighted by atomic mass is 32.1. The minimum atomic E-state index is -0.742. The lowest BCUT2D eigenvalue weighted by atomic mass is 10.2. The van der Waals surface area contributed by atoms with E-state index in [4.69, 9.17) is 4.42 Å². The largest absolute Gasteiger partial charge is 0.422 e. The monoisotopic (exact) mass is 355 g/mol. The summed E-state index contributed by atoms with van der Waals surface area (Å²) in [6.07, 6.45) is 0. The van der Waals surface area contributed by atoms with Gasteiger partial charge in [0.25, 0.3) is 5.91 Å². The summed E-state index contributed by atoms with van der Waals surface area (Å²) in [4.78, 5) is 28.3. The van der Waals surface area contributed by atoms with Gasteiger partial charge in [0.1, 0.15) is 22.5 Å². The summed E-state index contributed by atoms with van der Waals surface area (Å²) in [5, 5.41) is 0.938. The molecule has 25 heavy (non-hydrogen) atoms. The lowest BCUT2D eigenvalue weighted by Crippen LogP contribution is -2.32. The van der Waals surface area contributed by atoms with Gasteiger partial charge in [-0.15, -0.1) is 0 Å². The van der Waals surface area contributed by atoms with Crippen LogP contribution in [0.25, 0.3) is 21.2 Å². The number of thiazole rings is 1. The number of aromatic nitrogens is 1. The number of carbonyl (C=O) groups excluding carboxylic acids is 1. The number of benzene rings is 2. The van der Waals surface area contributed by atoms with E-state index in [9.17, 15) is 14.0 Å². The van der Waals surface area contributed by atoms with Crippen LogP contribution in [0, 0.1) is 5.82 Å². The van der Waals surface area contributed by atoms with Crippen molar-refractivity contribution in [3.8, 4) is 0 Å². The number of anilines is 1. The average Bonchev–Trinajstić information content (AvgIpc) is 3.03. The normalized spacial score (nSPS) is 10.9. The topological polar surface area (TPSA) is 84.2 Å². The van der Waals surface area contributed by atoms with E-state index in [1.54, 1.807) is 36.4 Å². The minimum absolute atomic E-state index is 0.140. The Morgan fingerprint density at radius 2 is 2.00 bits per heavy atom. The molecule has 0 unspecified atom stereocenters. The smallest absolute Gasteiger partial charge is 0.349 e. The van der Waals surface area contributed by atoms with Crippen LogP contribution >= 0.6 is 11.3 Å². The van der Waals surface area contributed by atoms with Crippen molar-refractivity contribution in [1.29, 1.82) is 0 Å². The molecule has 0 aliphatic rings. The van der Waals surface area contributed by atoms with E-state index in [0.29, 0.717) is 20.8 Å². The highest BCUT2D eigenvalue weighted by molar-refractivity contribution is 7.22. The second kappa shape index (κ2) is 5.99. The first-order valence-electron chi connectivity index (χ1n) is 7.26. The molecule has 2 heterocycles. The van der Waals surface area contributed by atoms with E-state index in [-0.39, 0.29) is 11.1 Å². The first-order chi connectivity index (χ1) is 12.1. The van der Waals surface area contributed by atoms with Crippen LogP contribution in [-0.2, 0) is 0 Å². The molecular weight excluding hydrogens is 345 g/mol. The molecule has 0 bridgehead atoms. The van der Waals surface area contributed by atoms with Crippen LogP contribution in [0.15, 0.2) is 57.7 Å². The molecule has 4 rings (SSSR count). The molecule has 0 saturated heterocycles. The summed E-state index contributed by atoms with van der Waals surface area (Å²) in [6, 6.07) is 13.0. The number of hydrogen-bond acceptors (Lipinski definition) is 6. The zero-order chi connectivity index (χ0) is 17.4. The highest BCUT2D eigenvalue weighted by Gasteiger charge is 2.14. The van der Waals surface area contributed by atoms with Crippen molar-refractivity contribution in [3.63, 3.8) is 0 Å². The third-order valence-corrected chi connectivity index (χ3v) is 4.47. The van der Waals surface area contributed by atoms with Crippen LogP contribution in [0.3, 0.4) is 0 Å². The van der Waals surface area contributed by atoms with Crippen molar-refractivity contribution in [3.05, 3.63) is 70.3 Å². The van der Waals surface area contributed by atoms with Gasteiger partial charge in [-0.05, 0) is 24.3 Å². The molecule has 2 N–H and O–H groups in total. The molecule has 8 heteroatoms. The number of para-hydroxylation sites is 2. The minimum Gasteiger partial charge on any atom is -0.422 e. The maximum Gasteiger partial charge on any atom is 0.349 e. The Labute approximate surface area is 143 Å². The molecule has 4 aromatic rings. The predicted octanol–water partition coefficient (Wildman–Crippen LogP) is 3.30. The molecule has 2 aromatic heterocycles.